The van der Waals surface area contributed by atoms with Gasteiger partial charge in [-0.25, -0.2) is 4.79 Å². The minimum absolute atomic E-state index is 0.275. The molecule has 5 nitrogen and oxygen atoms in total. The average Bonchev–Trinajstić information content (AvgIpc) is 2.79. The van der Waals surface area contributed by atoms with E-state index >= 15 is 0 Å². The highest BCUT2D eigenvalue weighted by atomic mass is 32.2. The Kier molecular flexibility index (Phi) is 5.79. The summed E-state index contributed by atoms with van der Waals surface area (Å²) in [6.07, 6.45) is 2.70. The van der Waals surface area contributed by atoms with Crippen molar-refractivity contribution in [3.05, 3.63) is 34.7 Å². The third kappa shape index (κ3) is 3.73. The van der Waals surface area contributed by atoms with Gasteiger partial charge >= 0.3 is 5.97 Å². The van der Waals surface area contributed by atoms with Crippen molar-refractivity contribution < 1.29 is 19.4 Å². The number of benzene rings is 1. The van der Waals surface area contributed by atoms with Crippen LogP contribution in [-0.4, -0.2) is 39.4 Å². The number of nitrogens with zero attached hydrogens (tertiary/aromatic N) is 1. The van der Waals surface area contributed by atoms with E-state index in [4.69, 9.17) is 17.0 Å². The summed E-state index contributed by atoms with van der Waals surface area (Å²) in [4.78, 5) is 25.6. The number of aliphatic carboxylic acids is 1. The first kappa shape index (κ1) is 17.5. The van der Waals surface area contributed by atoms with E-state index in [9.17, 15) is 14.7 Å². The number of amides is 1. The van der Waals surface area contributed by atoms with Crippen LogP contribution >= 0.6 is 24.0 Å². The molecule has 0 aliphatic carbocycles. The highest BCUT2D eigenvalue weighted by Gasteiger charge is 2.40. The van der Waals surface area contributed by atoms with Gasteiger partial charge in [0.2, 0.25) is 0 Å². The topological polar surface area (TPSA) is 66.8 Å². The maximum atomic E-state index is 12.6. The van der Waals surface area contributed by atoms with Crippen LogP contribution in [0, 0.1) is 0 Å². The van der Waals surface area contributed by atoms with Crippen molar-refractivity contribution in [2.75, 3.05) is 7.11 Å². The summed E-state index contributed by atoms with van der Waals surface area (Å²) in [7, 11) is 1.56. The number of carbonyl (C=O) groups excluding carboxylic acids is 1. The minimum atomic E-state index is -1.04. The third-order valence-corrected chi connectivity index (χ3v) is 4.74. The van der Waals surface area contributed by atoms with Crippen LogP contribution in [-0.2, 0) is 9.59 Å². The Balaban J connectivity index is 2.34. The number of carbonyl (C=O) groups is 2. The molecule has 1 amide bonds. The van der Waals surface area contributed by atoms with Crippen molar-refractivity contribution in [1.82, 2.24) is 4.90 Å². The van der Waals surface area contributed by atoms with Gasteiger partial charge < -0.3 is 9.84 Å². The number of hydrogen-bond acceptors (Lipinski definition) is 5. The number of thioether (sulfide) groups is 1. The van der Waals surface area contributed by atoms with Crippen LogP contribution in [0.25, 0.3) is 6.08 Å². The molecule has 1 aromatic carbocycles. The number of thiocarbonyl (C=S) groups is 1. The lowest BCUT2D eigenvalue weighted by atomic mass is 10.1. The predicted octanol–water partition coefficient (Wildman–Crippen LogP) is 3.15. The molecular formula is C16H17NO4S2. The standard InChI is InChI=1S/C16H17NO4S2/c1-3-6-11(15(19)20)17-14(18)13(23-16(17)22)9-10-7-4-5-8-12(10)21-2/h4-5,7-9,11H,3,6H2,1-2H3,(H,19,20)/b13-9-/t11-/m1/s1. The van der Waals surface area contributed by atoms with Crippen LogP contribution < -0.4 is 4.74 Å². The number of carboxylic acid groups (broad SMARTS) is 1. The number of ether oxygens (including phenoxy) is 1. The van der Waals surface area contributed by atoms with E-state index in [-0.39, 0.29) is 10.2 Å². The van der Waals surface area contributed by atoms with Crippen molar-refractivity contribution in [3.63, 3.8) is 0 Å². The van der Waals surface area contributed by atoms with Gasteiger partial charge in [0.05, 0.1) is 12.0 Å². The molecule has 0 spiro atoms. The average molecular weight is 351 g/mol. The highest BCUT2D eigenvalue weighted by Crippen LogP contribution is 2.36. The predicted molar refractivity (Wildman–Crippen MR) is 94.3 cm³/mol. The van der Waals surface area contributed by atoms with Crippen LogP contribution in [0.1, 0.15) is 25.3 Å². The molecule has 122 valence electrons. The minimum Gasteiger partial charge on any atom is -0.496 e. The lowest BCUT2D eigenvalue weighted by Gasteiger charge is -2.22. The Morgan fingerprint density at radius 2 is 2.17 bits per heavy atom. The molecule has 1 saturated heterocycles. The molecule has 7 heteroatoms. The van der Waals surface area contributed by atoms with Gasteiger partial charge in [0.25, 0.3) is 5.91 Å². The summed E-state index contributed by atoms with van der Waals surface area (Å²) >= 11 is 6.33. The Hall–Kier alpha value is -1.86. The van der Waals surface area contributed by atoms with Gasteiger partial charge in [0.15, 0.2) is 0 Å². The first-order chi connectivity index (χ1) is 11.0. The van der Waals surface area contributed by atoms with Crippen molar-refractivity contribution in [3.8, 4) is 5.75 Å². The smallest absolute Gasteiger partial charge is 0.326 e. The van der Waals surface area contributed by atoms with E-state index in [1.54, 1.807) is 19.3 Å². The Bertz CT molecular complexity index is 672. The van der Waals surface area contributed by atoms with Gasteiger partial charge in [-0.15, -0.1) is 0 Å². The molecule has 0 unspecified atom stereocenters. The van der Waals surface area contributed by atoms with Crippen molar-refractivity contribution in [2.24, 2.45) is 0 Å². The van der Waals surface area contributed by atoms with Crippen molar-refractivity contribution in [2.45, 2.75) is 25.8 Å². The fraction of sp³-hybridized carbons (Fsp3) is 0.312. The second kappa shape index (κ2) is 7.61. The largest absolute Gasteiger partial charge is 0.496 e. The summed E-state index contributed by atoms with van der Waals surface area (Å²) in [6, 6.07) is 6.38. The molecule has 0 aromatic heterocycles. The van der Waals surface area contributed by atoms with Gasteiger partial charge in [-0.05, 0) is 18.6 Å². The second-order valence-corrected chi connectivity index (χ2v) is 6.61. The number of carboxylic acids is 1. The zero-order valence-electron chi connectivity index (χ0n) is 12.8. The summed E-state index contributed by atoms with van der Waals surface area (Å²) < 4.78 is 5.54. The first-order valence-electron chi connectivity index (χ1n) is 7.12. The van der Waals surface area contributed by atoms with Crippen LogP contribution in [0.15, 0.2) is 29.2 Å². The SMILES string of the molecule is CCC[C@H](C(=O)O)N1C(=O)/C(=C/c2ccccc2OC)SC1=S. The van der Waals surface area contributed by atoms with Crippen molar-refractivity contribution >= 4 is 46.3 Å². The lowest BCUT2D eigenvalue weighted by molar-refractivity contribution is -0.145. The molecule has 1 N–H and O–H groups in total. The van der Waals surface area contributed by atoms with Crippen LogP contribution in [0.4, 0.5) is 0 Å². The van der Waals surface area contributed by atoms with Gasteiger partial charge in [0, 0.05) is 5.56 Å². The first-order valence-corrected chi connectivity index (χ1v) is 8.35. The number of hydrogen-bond donors (Lipinski definition) is 1. The Labute approximate surface area is 144 Å². The van der Waals surface area contributed by atoms with Gasteiger partial charge in [-0.2, -0.15) is 0 Å². The van der Waals surface area contributed by atoms with Crippen LogP contribution in [0.3, 0.4) is 0 Å². The summed E-state index contributed by atoms with van der Waals surface area (Å²) in [5.41, 5.74) is 0.748. The van der Waals surface area contributed by atoms with E-state index < -0.39 is 12.0 Å². The fourth-order valence-corrected chi connectivity index (χ4v) is 3.66. The Morgan fingerprint density at radius 3 is 2.78 bits per heavy atom. The van der Waals surface area contributed by atoms with Gasteiger partial charge in [-0.3, -0.25) is 9.69 Å². The van der Waals surface area contributed by atoms with E-state index in [2.05, 4.69) is 0 Å². The molecular weight excluding hydrogens is 334 g/mol. The zero-order chi connectivity index (χ0) is 17.0. The lowest BCUT2D eigenvalue weighted by Crippen LogP contribution is -2.43. The number of rotatable bonds is 6. The molecule has 1 heterocycles. The molecule has 1 aromatic rings. The van der Waals surface area contributed by atoms with E-state index in [1.807, 2.05) is 25.1 Å². The molecule has 1 aliphatic rings. The molecule has 1 aliphatic heterocycles. The molecule has 0 saturated carbocycles. The monoisotopic (exact) mass is 351 g/mol. The van der Waals surface area contributed by atoms with Crippen LogP contribution in [0.2, 0.25) is 0 Å². The Morgan fingerprint density at radius 1 is 1.48 bits per heavy atom. The molecule has 2 rings (SSSR count). The quantitative estimate of drug-likeness (QED) is 0.627. The maximum Gasteiger partial charge on any atom is 0.326 e. The zero-order valence-corrected chi connectivity index (χ0v) is 14.4. The molecule has 23 heavy (non-hydrogen) atoms. The van der Waals surface area contributed by atoms with E-state index in [1.165, 1.54) is 4.90 Å². The normalized spacial score (nSPS) is 17.7. The highest BCUT2D eigenvalue weighted by molar-refractivity contribution is 8.26. The number of methoxy groups -OCH3 is 1. The fourth-order valence-electron chi connectivity index (χ4n) is 2.31. The summed E-state index contributed by atoms with van der Waals surface area (Å²) in [6.45, 7) is 1.87. The maximum absolute atomic E-state index is 12.6. The van der Waals surface area contributed by atoms with Crippen molar-refractivity contribution in [1.29, 1.82) is 0 Å². The molecule has 0 radical (unpaired) electrons. The number of para-hydroxylation sites is 1. The molecule has 0 bridgehead atoms. The van der Waals surface area contributed by atoms with E-state index in [0.717, 1.165) is 17.3 Å². The molecule has 1 fully saturated rings. The van der Waals surface area contributed by atoms with Gasteiger partial charge in [-0.1, -0.05) is 55.5 Å². The third-order valence-electron chi connectivity index (χ3n) is 3.41. The van der Waals surface area contributed by atoms with Gasteiger partial charge in [0.1, 0.15) is 16.1 Å². The second-order valence-electron chi connectivity index (χ2n) is 4.94. The molecule has 1 atom stereocenters. The van der Waals surface area contributed by atoms with Crippen LogP contribution in [0.5, 0.6) is 5.75 Å². The summed E-state index contributed by atoms with van der Waals surface area (Å²) in [5, 5.41) is 9.36. The summed E-state index contributed by atoms with van der Waals surface area (Å²) in [5.74, 6) is -0.769. The van der Waals surface area contributed by atoms with E-state index in [0.29, 0.717) is 23.5 Å².